The van der Waals surface area contributed by atoms with Crippen LogP contribution in [0.4, 0.5) is 0 Å². The predicted molar refractivity (Wildman–Crippen MR) is 96.1 cm³/mol. The maximum atomic E-state index is 12.0. The van der Waals surface area contributed by atoms with Gasteiger partial charge in [-0.3, -0.25) is 14.8 Å². The number of carbonyl (C=O) groups is 2. The summed E-state index contributed by atoms with van der Waals surface area (Å²) in [5, 5.41) is 12.1. The molecular weight excluding hydrogens is 328 g/mol. The zero-order valence-corrected chi connectivity index (χ0v) is 14.1. The van der Waals surface area contributed by atoms with Crippen molar-refractivity contribution in [2.75, 3.05) is 6.54 Å². The van der Waals surface area contributed by atoms with Gasteiger partial charge in [0.05, 0.1) is 6.54 Å². The van der Waals surface area contributed by atoms with Crippen molar-refractivity contribution < 1.29 is 14.8 Å². The lowest BCUT2D eigenvalue weighted by Crippen LogP contribution is -2.62. The van der Waals surface area contributed by atoms with E-state index in [0.29, 0.717) is 10.6 Å². The Morgan fingerprint density at radius 1 is 1.04 bits per heavy atom. The molecule has 1 saturated heterocycles. The van der Waals surface area contributed by atoms with E-state index < -0.39 is 11.9 Å². The molecule has 0 spiro atoms. The van der Waals surface area contributed by atoms with Crippen molar-refractivity contribution in [1.82, 2.24) is 10.4 Å². The minimum absolute atomic E-state index is 0.105. The number of benzene rings is 2. The normalized spacial score (nSPS) is 15.1. The molecule has 0 aromatic heterocycles. The maximum Gasteiger partial charge on any atom is 0.270 e. The van der Waals surface area contributed by atoms with Crippen LogP contribution in [0.3, 0.4) is 0 Å². The van der Waals surface area contributed by atoms with Crippen molar-refractivity contribution in [1.29, 1.82) is 0 Å². The van der Waals surface area contributed by atoms with Gasteiger partial charge in [0.1, 0.15) is 6.04 Å². The molecule has 0 aliphatic carbocycles. The molecule has 26 heavy (non-hydrogen) atoms. The zero-order valence-electron chi connectivity index (χ0n) is 14.1. The summed E-state index contributed by atoms with van der Waals surface area (Å²) in [6.45, 7) is 2.13. The van der Waals surface area contributed by atoms with Crippen molar-refractivity contribution in [3.63, 3.8) is 0 Å². The van der Waals surface area contributed by atoms with E-state index in [0.717, 1.165) is 11.1 Å². The van der Waals surface area contributed by atoms with Crippen molar-refractivity contribution in [2.24, 2.45) is 0 Å². The van der Waals surface area contributed by atoms with Gasteiger partial charge in [-0.05, 0) is 55.2 Å². The van der Waals surface area contributed by atoms with Crippen LogP contribution in [0.2, 0.25) is 0 Å². The van der Waals surface area contributed by atoms with Crippen LogP contribution >= 0.6 is 0 Å². The Balaban J connectivity index is 1.59. The molecule has 1 heterocycles. The molecule has 0 radical (unpaired) electrons. The Hall–Kier alpha value is -3.54. The number of hydrogen-bond donors (Lipinski definition) is 2. The fourth-order valence-electron chi connectivity index (χ4n) is 2.31. The Morgan fingerprint density at radius 3 is 2.08 bits per heavy atom. The van der Waals surface area contributed by atoms with Gasteiger partial charge in [-0.15, -0.1) is 0 Å². The van der Waals surface area contributed by atoms with E-state index in [9.17, 15) is 9.59 Å². The second kappa shape index (κ2) is 7.57. The Morgan fingerprint density at radius 2 is 1.58 bits per heavy atom. The van der Waals surface area contributed by atoms with Gasteiger partial charge < -0.3 is 5.32 Å². The van der Waals surface area contributed by atoms with Crippen molar-refractivity contribution in [2.45, 2.75) is 13.0 Å². The average Bonchev–Trinajstić information content (AvgIpc) is 2.66. The molecule has 0 saturated carbocycles. The Kier molecular flexibility index (Phi) is 5.03. The molecule has 3 rings (SSSR count). The summed E-state index contributed by atoms with van der Waals surface area (Å²) >= 11 is 0. The van der Waals surface area contributed by atoms with Crippen LogP contribution in [-0.2, 0) is 4.79 Å². The first-order chi connectivity index (χ1) is 12.5. The third-order valence-electron chi connectivity index (χ3n) is 3.89. The summed E-state index contributed by atoms with van der Waals surface area (Å²) in [6.07, 6.45) is 0. The molecular formula is C21H16N2O3. The van der Waals surface area contributed by atoms with Crippen LogP contribution in [0.25, 0.3) is 0 Å². The molecule has 1 atom stereocenters. The molecule has 0 unspecified atom stereocenters. The van der Waals surface area contributed by atoms with Gasteiger partial charge in [0, 0.05) is 16.7 Å². The Labute approximate surface area is 151 Å². The van der Waals surface area contributed by atoms with E-state index in [1.54, 1.807) is 24.3 Å². The summed E-state index contributed by atoms with van der Waals surface area (Å²) in [7, 11) is 0. The van der Waals surface area contributed by atoms with E-state index in [1.165, 1.54) is 5.56 Å². The minimum Gasteiger partial charge on any atom is -0.338 e. The summed E-state index contributed by atoms with van der Waals surface area (Å²) in [6, 6.07) is 13.9. The van der Waals surface area contributed by atoms with E-state index in [-0.39, 0.29) is 12.5 Å². The van der Waals surface area contributed by atoms with Crippen LogP contribution in [-0.4, -0.2) is 34.7 Å². The molecule has 2 aromatic carbocycles. The summed E-state index contributed by atoms with van der Waals surface area (Å²) < 4.78 is 0. The lowest BCUT2D eigenvalue weighted by molar-refractivity contribution is -0.189. The third-order valence-corrected chi connectivity index (χ3v) is 3.89. The highest BCUT2D eigenvalue weighted by atomic mass is 16.5. The predicted octanol–water partition coefficient (Wildman–Crippen LogP) is 1.73. The molecule has 1 fully saturated rings. The molecule has 1 aliphatic heterocycles. The van der Waals surface area contributed by atoms with E-state index >= 15 is 0 Å². The fourth-order valence-corrected chi connectivity index (χ4v) is 2.31. The highest BCUT2D eigenvalue weighted by Crippen LogP contribution is 2.09. The first-order valence-electron chi connectivity index (χ1n) is 8.03. The topological polar surface area (TPSA) is 69.6 Å². The van der Waals surface area contributed by atoms with Crippen molar-refractivity contribution in [3.05, 3.63) is 70.8 Å². The first kappa shape index (κ1) is 17.3. The van der Waals surface area contributed by atoms with Gasteiger partial charge in [0.2, 0.25) is 0 Å². The number of hydroxylamine groups is 2. The lowest BCUT2D eigenvalue weighted by Gasteiger charge is -2.33. The first-order valence-corrected chi connectivity index (χ1v) is 8.03. The van der Waals surface area contributed by atoms with Crippen LogP contribution < -0.4 is 5.32 Å². The maximum absolute atomic E-state index is 12.0. The SMILES string of the molecule is Cc1ccc(C#CC#Cc2ccc(C(=O)N[C@H]3CN(O)C3=O)cc2)cc1. The second-order valence-corrected chi connectivity index (χ2v) is 5.89. The quantitative estimate of drug-likeness (QED) is 0.495. The molecule has 128 valence electrons. The second-order valence-electron chi connectivity index (χ2n) is 5.89. The largest absolute Gasteiger partial charge is 0.338 e. The van der Waals surface area contributed by atoms with Crippen LogP contribution in [0, 0.1) is 30.6 Å². The molecule has 2 amide bonds. The zero-order chi connectivity index (χ0) is 18.5. The van der Waals surface area contributed by atoms with Gasteiger partial charge in [-0.2, -0.15) is 0 Å². The highest BCUT2D eigenvalue weighted by molar-refractivity contribution is 5.99. The number of amides is 2. The summed E-state index contributed by atoms with van der Waals surface area (Å²) in [5.74, 6) is 10.6. The Bertz CT molecular complexity index is 955. The number of rotatable bonds is 2. The summed E-state index contributed by atoms with van der Waals surface area (Å²) in [4.78, 5) is 23.3. The lowest BCUT2D eigenvalue weighted by atomic mass is 10.1. The summed E-state index contributed by atoms with van der Waals surface area (Å²) in [5.41, 5.74) is 3.25. The van der Waals surface area contributed by atoms with Gasteiger partial charge in [-0.25, -0.2) is 5.06 Å². The standard InChI is InChI=1S/C21H16N2O3/c1-15-6-8-16(9-7-15)4-2-3-5-17-10-12-18(13-11-17)20(24)22-19-14-23(26)21(19)25/h6-13,19,26H,14H2,1H3,(H,22,24)/t19-/m0/s1. The van der Waals surface area contributed by atoms with Gasteiger partial charge in [-0.1, -0.05) is 29.5 Å². The molecule has 2 aromatic rings. The average molecular weight is 344 g/mol. The molecule has 1 aliphatic rings. The number of hydrogen-bond acceptors (Lipinski definition) is 3. The smallest absolute Gasteiger partial charge is 0.270 e. The third kappa shape index (κ3) is 4.10. The fraction of sp³-hybridized carbons (Fsp3) is 0.143. The molecule has 0 bridgehead atoms. The van der Waals surface area contributed by atoms with E-state index in [2.05, 4.69) is 29.0 Å². The minimum atomic E-state index is -0.663. The van der Waals surface area contributed by atoms with Gasteiger partial charge in [0.15, 0.2) is 0 Å². The van der Waals surface area contributed by atoms with E-state index in [4.69, 9.17) is 5.21 Å². The number of nitrogens with one attached hydrogen (secondary N) is 1. The van der Waals surface area contributed by atoms with Crippen LogP contribution in [0.15, 0.2) is 48.5 Å². The van der Waals surface area contributed by atoms with Crippen molar-refractivity contribution >= 4 is 11.8 Å². The van der Waals surface area contributed by atoms with Gasteiger partial charge in [0.25, 0.3) is 11.8 Å². The van der Waals surface area contributed by atoms with Gasteiger partial charge >= 0.3 is 0 Å². The number of carbonyl (C=O) groups excluding carboxylic acids is 2. The van der Waals surface area contributed by atoms with Crippen LogP contribution in [0.5, 0.6) is 0 Å². The molecule has 5 heteroatoms. The monoisotopic (exact) mass is 344 g/mol. The highest BCUT2D eigenvalue weighted by Gasteiger charge is 2.37. The number of β-lactam (4-membered cyclic amide) rings is 1. The van der Waals surface area contributed by atoms with Crippen molar-refractivity contribution in [3.8, 4) is 23.7 Å². The number of aryl methyl sites for hydroxylation is 1. The molecule has 5 nitrogen and oxygen atoms in total. The number of nitrogens with zero attached hydrogens (tertiary/aromatic N) is 1. The van der Waals surface area contributed by atoms with E-state index in [1.807, 2.05) is 31.2 Å². The molecule has 2 N–H and O–H groups in total. The van der Waals surface area contributed by atoms with Crippen LogP contribution in [0.1, 0.15) is 27.0 Å².